The second-order valence-corrected chi connectivity index (χ2v) is 6.69. The third kappa shape index (κ3) is 4.76. The van der Waals surface area contributed by atoms with Crippen molar-refractivity contribution in [2.45, 2.75) is 12.6 Å². The highest BCUT2D eigenvalue weighted by Crippen LogP contribution is 2.33. The van der Waals surface area contributed by atoms with Gasteiger partial charge in [0.2, 0.25) is 0 Å². The van der Waals surface area contributed by atoms with Crippen LogP contribution in [0, 0.1) is 0 Å². The number of ether oxygens (including phenoxy) is 1. The van der Waals surface area contributed by atoms with E-state index in [1.54, 1.807) is 4.90 Å². The molecule has 1 N–H and O–H groups in total. The summed E-state index contributed by atoms with van der Waals surface area (Å²) in [5.74, 6) is -0.409. The number of halogens is 3. The molecule has 2 heterocycles. The Balaban J connectivity index is 1.55. The van der Waals surface area contributed by atoms with Gasteiger partial charge in [-0.25, -0.2) is 9.78 Å². The lowest BCUT2D eigenvalue weighted by atomic mass is 10.1. The molecule has 6 nitrogen and oxygen atoms in total. The lowest BCUT2D eigenvalue weighted by Crippen LogP contribution is -2.30. The minimum absolute atomic E-state index is 0.146. The van der Waals surface area contributed by atoms with Gasteiger partial charge in [-0.05, 0) is 18.6 Å². The number of nitrogens with zero attached hydrogens (tertiary/aromatic N) is 2. The van der Waals surface area contributed by atoms with Gasteiger partial charge < -0.3 is 15.0 Å². The van der Waals surface area contributed by atoms with Gasteiger partial charge in [0.05, 0.1) is 12.1 Å². The Hall–Kier alpha value is -2.62. The normalized spacial score (nSPS) is 14.3. The Labute approximate surface area is 157 Å². The van der Waals surface area contributed by atoms with Gasteiger partial charge in [-0.2, -0.15) is 13.2 Å². The highest BCUT2D eigenvalue weighted by Gasteiger charge is 2.30. The molecular weight excluding hydrogens is 383 g/mol. The van der Waals surface area contributed by atoms with Gasteiger partial charge >= 0.3 is 12.3 Å². The lowest BCUT2D eigenvalue weighted by molar-refractivity contribution is -0.137. The summed E-state index contributed by atoms with van der Waals surface area (Å²) in [6, 6.07) is 4.82. The lowest BCUT2D eigenvalue weighted by Gasteiger charge is -2.12. The molecule has 0 bridgehead atoms. The highest BCUT2D eigenvalue weighted by atomic mass is 32.1. The number of carbonyl (C=O) groups excluding carboxylic acids is 2. The summed E-state index contributed by atoms with van der Waals surface area (Å²) < 4.78 is 43.2. The van der Waals surface area contributed by atoms with E-state index in [0.717, 1.165) is 23.5 Å². The minimum Gasteiger partial charge on any atom is -0.448 e. The van der Waals surface area contributed by atoms with E-state index in [1.165, 1.54) is 17.5 Å². The van der Waals surface area contributed by atoms with Gasteiger partial charge in [0.25, 0.3) is 5.91 Å². The van der Waals surface area contributed by atoms with E-state index in [4.69, 9.17) is 4.74 Å². The molecule has 2 amide bonds. The first kappa shape index (κ1) is 19.2. The Morgan fingerprint density at radius 3 is 2.89 bits per heavy atom. The molecule has 10 heteroatoms. The molecule has 1 aromatic heterocycles. The fourth-order valence-corrected chi connectivity index (χ4v) is 3.33. The van der Waals surface area contributed by atoms with Crippen molar-refractivity contribution in [3.05, 3.63) is 40.9 Å². The van der Waals surface area contributed by atoms with E-state index in [-0.39, 0.29) is 11.8 Å². The topological polar surface area (TPSA) is 71.5 Å². The Morgan fingerprint density at radius 2 is 2.19 bits per heavy atom. The summed E-state index contributed by atoms with van der Waals surface area (Å²) in [5.41, 5.74) is -0.309. The molecule has 1 fully saturated rings. The average Bonchev–Trinajstić information content (AvgIpc) is 3.27. The standard InChI is InChI=1S/C17H16F3N3O3S/c18-17(19,20)12-4-1-3-11(9-12)15-22-13(10-27-15)14(24)21-5-2-6-23-7-8-26-16(23)25/h1,3-4,9-10H,2,5-8H2,(H,21,24). The molecule has 2 aromatic rings. The van der Waals surface area contributed by atoms with Crippen molar-refractivity contribution >= 4 is 23.3 Å². The number of cyclic esters (lactones) is 1. The van der Waals surface area contributed by atoms with Gasteiger partial charge in [0.15, 0.2) is 0 Å². The van der Waals surface area contributed by atoms with E-state index in [2.05, 4.69) is 10.3 Å². The van der Waals surface area contributed by atoms with Gasteiger partial charge in [-0.3, -0.25) is 4.79 Å². The van der Waals surface area contributed by atoms with Crippen LogP contribution in [0.3, 0.4) is 0 Å². The number of hydrogen-bond acceptors (Lipinski definition) is 5. The Kier molecular flexibility index (Phi) is 5.64. The van der Waals surface area contributed by atoms with E-state index in [0.29, 0.717) is 43.2 Å². The van der Waals surface area contributed by atoms with Gasteiger partial charge in [0.1, 0.15) is 17.3 Å². The summed E-state index contributed by atoms with van der Waals surface area (Å²) in [6.45, 7) is 1.74. The van der Waals surface area contributed by atoms with Crippen molar-refractivity contribution in [3.8, 4) is 10.6 Å². The summed E-state index contributed by atoms with van der Waals surface area (Å²) in [7, 11) is 0. The number of amides is 2. The molecule has 0 saturated carbocycles. The van der Waals surface area contributed by atoms with Crippen molar-refractivity contribution in [2.75, 3.05) is 26.2 Å². The van der Waals surface area contributed by atoms with E-state index >= 15 is 0 Å². The zero-order chi connectivity index (χ0) is 19.4. The maximum Gasteiger partial charge on any atom is 0.416 e. The van der Waals surface area contributed by atoms with Crippen molar-refractivity contribution < 1.29 is 27.5 Å². The summed E-state index contributed by atoms with van der Waals surface area (Å²) in [6.07, 6.45) is -4.23. The number of benzene rings is 1. The molecule has 1 saturated heterocycles. The number of thiazole rings is 1. The van der Waals surface area contributed by atoms with Gasteiger partial charge in [-0.15, -0.1) is 11.3 Å². The van der Waals surface area contributed by atoms with Crippen LogP contribution >= 0.6 is 11.3 Å². The largest absolute Gasteiger partial charge is 0.448 e. The van der Waals surface area contributed by atoms with Gasteiger partial charge in [-0.1, -0.05) is 12.1 Å². The van der Waals surface area contributed by atoms with Crippen LogP contribution in [-0.4, -0.2) is 48.1 Å². The predicted molar refractivity (Wildman–Crippen MR) is 92.4 cm³/mol. The van der Waals surface area contributed by atoms with E-state index < -0.39 is 17.6 Å². The zero-order valence-corrected chi connectivity index (χ0v) is 14.9. The molecule has 1 aromatic carbocycles. The number of carbonyl (C=O) groups is 2. The number of nitrogens with one attached hydrogen (secondary N) is 1. The second kappa shape index (κ2) is 7.95. The Morgan fingerprint density at radius 1 is 1.37 bits per heavy atom. The third-order valence-corrected chi connectivity index (χ3v) is 4.80. The van der Waals surface area contributed by atoms with Crippen LogP contribution in [0.4, 0.5) is 18.0 Å². The first-order chi connectivity index (χ1) is 12.8. The maximum absolute atomic E-state index is 12.8. The maximum atomic E-state index is 12.8. The molecule has 0 unspecified atom stereocenters. The summed E-state index contributed by atoms with van der Waals surface area (Å²) in [5, 5.41) is 4.53. The summed E-state index contributed by atoms with van der Waals surface area (Å²) >= 11 is 1.10. The van der Waals surface area contributed by atoms with Crippen LogP contribution in [0.2, 0.25) is 0 Å². The molecule has 1 aliphatic heterocycles. The highest BCUT2D eigenvalue weighted by molar-refractivity contribution is 7.13. The molecule has 0 spiro atoms. The SMILES string of the molecule is O=C(NCCCN1CCOC1=O)c1csc(-c2cccc(C(F)(F)F)c2)n1. The number of alkyl halides is 3. The first-order valence-electron chi connectivity index (χ1n) is 8.17. The van der Waals surface area contributed by atoms with E-state index in [1.807, 2.05) is 0 Å². The number of rotatable bonds is 6. The quantitative estimate of drug-likeness (QED) is 0.756. The van der Waals surface area contributed by atoms with Crippen LogP contribution in [0.15, 0.2) is 29.6 Å². The smallest absolute Gasteiger partial charge is 0.416 e. The number of hydrogen-bond donors (Lipinski definition) is 1. The molecule has 27 heavy (non-hydrogen) atoms. The van der Waals surface area contributed by atoms with Gasteiger partial charge in [0, 0.05) is 24.0 Å². The first-order valence-corrected chi connectivity index (χ1v) is 9.05. The molecule has 144 valence electrons. The van der Waals surface area contributed by atoms with Crippen molar-refractivity contribution in [2.24, 2.45) is 0 Å². The molecule has 0 atom stereocenters. The molecule has 0 aliphatic carbocycles. The van der Waals surface area contributed by atoms with Crippen LogP contribution in [0.1, 0.15) is 22.5 Å². The van der Waals surface area contributed by atoms with Crippen LogP contribution in [-0.2, 0) is 10.9 Å². The monoisotopic (exact) mass is 399 g/mol. The summed E-state index contributed by atoms with van der Waals surface area (Å²) in [4.78, 5) is 29.1. The number of aromatic nitrogens is 1. The van der Waals surface area contributed by atoms with Crippen molar-refractivity contribution in [3.63, 3.8) is 0 Å². The second-order valence-electron chi connectivity index (χ2n) is 5.83. The molecule has 0 radical (unpaired) electrons. The van der Waals surface area contributed by atoms with Crippen LogP contribution in [0.25, 0.3) is 10.6 Å². The molecule has 3 rings (SSSR count). The fraction of sp³-hybridized carbons (Fsp3) is 0.353. The molecule has 1 aliphatic rings. The van der Waals surface area contributed by atoms with Crippen molar-refractivity contribution in [1.82, 2.24) is 15.2 Å². The average molecular weight is 399 g/mol. The Bertz CT molecular complexity index is 838. The third-order valence-electron chi connectivity index (χ3n) is 3.91. The minimum atomic E-state index is -4.44. The zero-order valence-electron chi connectivity index (χ0n) is 14.1. The van der Waals surface area contributed by atoms with Crippen molar-refractivity contribution in [1.29, 1.82) is 0 Å². The van der Waals surface area contributed by atoms with Crippen LogP contribution < -0.4 is 5.32 Å². The fourth-order valence-electron chi connectivity index (χ4n) is 2.53. The predicted octanol–water partition coefficient (Wildman–Crippen LogP) is 3.40. The van der Waals surface area contributed by atoms with Crippen LogP contribution in [0.5, 0.6) is 0 Å². The van der Waals surface area contributed by atoms with E-state index in [9.17, 15) is 22.8 Å². The molecular formula is C17H16F3N3O3S.